The highest BCUT2D eigenvalue weighted by molar-refractivity contribution is 14.0. The van der Waals surface area contributed by atoms with E-state index >= 15 is 0 Å². The largest absolute Gasteiger partial charge is 0.383 e. The van der Waals surface area contributed by atoms with Crippen molar-refractivity contribution in [1.29, 1.82) is 0 Å². The predicted octanol–water partition coefficient (Wildman–Crippen LogP) is 4.03. The number of hydrogen-bond donors (Lipinski definition) is 3. The molecule has 0 radical (unpaired) electrons. The van der Waals surface area contributed by atoms with Gasteiger partial charge in [-0.1, -0.05) is 30.3 Å². The smallest absolute Gasteiger partial charge is 0.191 e. The van der Waals surface area contributed by atoms with Crippen LogP contribution in [-0.4, -0.2) is 43.0 Å². The molecule has 0 fully saturated rings. The van der Waals surface area contributed by atoms with E-state index in [2.05, 4.69) is 75.4 Å². The highest BCUT2D eigenvalue weighted by atomic mass is 127. The number of para-hydroxylation sites is 1. The molecule has 0 aliphatic heterocycles. The molecule has 3 aromatic rings. The van der Waals surface area contributed by atoms with E-state index in [1.54, 1.807) is 14.2 Å². The van der Waals surface area contributed by atoms with Gasteiger partial charge in [0.15, 0.2) is 5.96 Å². The van der Waals surface area contributed by atoms with Crippen molar-refractivity contribution >= 4 is 35.6 Å². The van der Waals surface area contributed by atoms with Crippen LogP contribution in [0, 0.1) is 13.8 Å². The molecule has 1 aromatic heterocycles. The van der Waals surface area contributed by atoms with Crippen molar-refractivity contribution < 1.29 is 4.74 Å². The summed E-state index contributed by atoms with van der Waals surface area (Å²) in [6.07, 6.45) is 0. The van der Waals surface area contributed by atoms with Gasteiger partial charge in [-0.05, 0) is 49.2 Å². The summed E-state index contributed by atoms with van der Waals surface area (Å²) in [5.41, 5.74) is 6.63. The Balaban J connectivity index is 0.00000363. The molecule has 172 valence electrons. The average molecular weight is 548 g/mol. The van der Waals surface area contributed by atoms with E-state index in [4.69, 9.17) is 4.74 Å². The van der Waals surface area contributed by atoms with Crippen LogP contribution in [0.1, 0.15) is 22.5 Å². The molecule has 0 saturated carbocycles. The number of methoxy groups -OCH3 is 1. The van der Waals surface area contributed by atoms with Gasteiger partial charge < -0.3 is 20.7 Å². The number of aliphatic imine (C=N–C) groups is 1. The Morgan fingerprint density at radius 3 is 2.41 bits per heavy atom. The van der Waals surface area contributed by atoms with Gasteiger partial charge in [-0.2, -0.15) is 5.10 Å². The lowest BCUT2D eigenvalue weighted by Crippen LogP contribution is -2.36. The number of rotatable bonds is 9. The van der Waals surface area contributed by atoms with Crippen molar-refractivity contribution in [1.82, 2.24) is 20.4 Å². The van der Waals surface area contributed by atoms with Crippen molar-refractivity contribution in [3.63, 3.8) is 0 Å². The fourth-order valence-corrected chi connectivity index (χ4v) is 3.36. The van der Waals surface area contributed by atoms with Crippen LogP contribution in [0.3, 0.4) is 0 Å². The Labute approximate surface area is 207 Å². The normalized spacial score (nSPS) is 11.1. The Morgan fingerprint density at radius 2 is 1.75 bits per heavy atom. The predicted molar refractivity (Wildman–Crippen MR) is 142 cm³/mol. The highest BCUT2D eigenvalue weighted by Crippen LogP contribution is 2.17. The van der Waals surface area contributed by atoms with Gasteiger partial charge in [0.25, 0.3) is 0 Å². The molecule has 0 aliphatic carbocycles. The molecule has 0 amide bonds. The molecule has 8 heteroatoms. The third kappa shape index (κ3) is 7.23. The number of aryl methyl sites for hydroxylation is 2. The zero-order valence-corrected chi connectivity index (χ0v) is 21.5. The number of benzene rings is 2. The Bertz CT molecular complexity index is 1000. The van der Waals surface area contributed by atoms with Crippen LogP contribution in [0.4, 0.5) is 5.69 Å². The first-order chi connectivity index (χ1) is 15.1. The van der Waals surface area contributed by atoms with Crippen LogP contribution >= 0.6 is 24.0 Å². The average Bonchev–Trinajstić information content (AvgIpc) is 3.13. The Kier molecular flexibility index (Phi) is 10.5. The number of anilines is 1. The molecular formula is C24H33IN6O. The Morgan fingerprint density at radius 1 is 1.03 bits per heavy atom. The van der Waals surface area contributed by atoms with Gasteiger partial charge >= 0.3 is 0 Å². The summed E-state index contributed by atoms with van der Waals surface area (Å²) in [6.45, 7) is 6.91. The molecule has 3 rings (SSSR count). The SMILES string of the molecule is CN=C(NCc1ccc(NCCOC)cc1)NCc1ccccc1-n1nc(C)cc1C.I. The van der Waals surface area contributed by atoms with Gasteiger partial charge in [0, 0.05) is 45.2 Å². The molecule has 0 aliphatic rings. The number of nitrogens with zero attached hydrogens (tertiary/aromatic N) is 3. The third-order valence-corrected chi connectivity index (χ3v) is 4.95. The molecule has 0 saturated heterocycles. The lowest BCUT2D eigenvalue weighted by atomic mass is 10.1. The molecule has 0 atom stereocenters. The molecule has 0 spiro atoms. The molecule has 1 heterocycles. The van der Waals surface area contributed by atoms with Crippen molar-refractivity contribution in [2.24, 2.45) is 4.99 Å². The van der Waals surface area contributed by atoms with Gasteiger partial charge in [0.2, 0.25) is 0 Å². The summed E-state index contributed by atoms with van der Waals surface area (Å²) in [4.78, 5) is 4.36. The number of nitrogens with one attached hydrogen (secondary N) is 3. The molecule has 0 bridgehead atoms. The van der Waals surface area contributed by atoms with Crippen molar-refractivity contribution in [2.75, 3.05) is 32.6 Å². The number of aromatic nitrogens is 2. The summed E-state index contributed by atoms with van der Waals surface area (Å²) >= 11 is 0. The van der Waals surface area contributed by atoms with Gasteiger partial charge in [0.05, 0.1) is 18.0 Å². The molecule has 7 nitrogen and oxygen atoms in total. The van der Waals surface area contributed by atoms with Gasteiger partial charge in [-0.3, -0.25) is 4.99 Å². The summed E-state index contributed by atoms with van der Waals surface area (Å²) in [7, 11) is 3.49. The van der Waals surface area contributed by atoms with E-state index < -0.39 is 0 Å². The Hall–Kier alpha value is -2.59. The second-order valence-corrected chi connectivity index (χ2v) is 7.36. The third-order valence-electron chi connectivity index (χ3n) is 4.95. The maximum absolute atomic E-state index is 5.06. The lowest BCUT2D eigenvalue weighted by Gasteiger charge is -2.15. The van der Waals surface area contributed by atoms with E-state index in [0.29, 0.717) is 19.7 Å². The number of hydrogen-bond acceptors (Lipinski definition) is 4. The highest BCUT2D eigenvalue weighted by Gasteiger charge is 2.09. The minimum atomic E-state index is 0. The fourth-order valence-electron chi connectivity index (χ4n) is 3.36. The van der Waals surface area contributed by atoms with E-state index in [0.717, 1.165) is 40.8 Å². The second-order valence-electron chi connectivity index (χ2n) is 7.36. The quantitative estimate of drug-likeness (QED) is 0.163. The summed E-state index contributed by atoms with van der Waals surface area (Å²) in [5, 5.41) is 14.7. The lowest BCUT2D eigenvalue weighted by molar-refractivity contribution is 0.211. The second kappa shape index (κ2) is 13.1. The van der Waals surface area contributed by atoms with Crippen LogP contribution in [0.2, 0.25) is 0 Å². The first-order valence-corrected chi connectivity index (χ1v) is 10.5. The monoisotopic (exact) mass is 548 g/mol. The number of guanidine groups is 1. The van der Waals surface area contributed by atoms with Crippen molar-refractivity contribution in [2.45, 2.75) is 26.9 Å². The minimum absolute atomic E-state index is 0. The van der Waals surface area contributed by atoms with Crippen LogP contribution in [0.5, 0.6) is 0 Å². The molecule has 2 aromatic carbocycles. The van der Waals surface area contributed by atoms with Crippen molar-refractivity contribution in [3.8, 4) is 5.69 Å². The van der Waals surface area contributed by atoms with Gasteiger partial charge in [-0.25, -0.2) is 4.68 Å². The van der Waals surface area contributed by atoms with Crippen LogP contribution < -0.4 is 16.0 Å². The van der Waals surface area contributed by atoms with Crippen LogP contribution in [0.15, 0.2) is 59.6 Å². The standard InChI is InChI=1S/C24H32N6O.HI/c1-18-15-19(2)30(29-18)23-8-6-5-7-21(23)17-28-24(25-3)27-16-20-9-11-22(12-10-20)26-13-14-31-4;/h5-12,15,26H,13-14,16-17H2,1-4H3,(H2,25,27,28);1H. The topological polar surface area (TPSA) is 75.5 Å². The van der Waals surface area contributed by atoms with Gasteiger partial charge in [0.1, 0.15) is 0 Å². The molecular weight excluding hydrogens is 515 g/mol. The summed E-state index contributed by atoms with van der Waals surface area (Å²) in [5.74, 6) is 0.755. The van der Waals surface area contributed by atoms with Gasteiger partial charge in [-0.15, -0.1) is 24.0 Å². The molecule has 0 unspecified atom stereocenters. The number of ether oxygens (including phenoxy) is 1. The molecule has 3 N–H and O–H groups in total. The molecule has 32 heavy (non-hydrogen) atoms. The zero-order valence-electron chi connectivity index (χ0n) is 19.2. The van der Waals surface area contributed by atoms with Crippen molar-refractivity contribution in [3.05, 3.63) is 77.1 Å². The van der Waals surface area contributed by atoms with E-state index in [9.17, 15) is 0 Å². The van der Waals surface area contributed by atoms with E-state index in [1.807, 2.05) is 23.7 Å². The fraction of sp³-hybridized carbons (Fsp3) is 0.333. The minimum Gasteiger partial charge on any atom is -0.383 e. The summed E-state index contributed by atoms with van der Waals surface area (Å²) < 4.78 is 7.05. The van der Waals surface area contributed by atoms with Crippen LogP contribution in [-0.2, 0) is 17.8 Å². The maximum Gasteiger partial charge on any atom is 0.191 e. The van der Waals surface area contributed by atoms with Crippen LogP contribution in [0.25, 0.3) is 5.69 Å². The maximum atomic E-state index is 5.06. The van der Waals surface area contributed by atoms with E-state index in [1.165, 1.54) is 5.56 Å². The number of halogens is 1. The summed E-state index contributed by atoms with van der Waals surface area (Å²) in [6, 6.07) is 18.7. The first kappa shape index (κ1) is 25.7. The first-order valence-electron chi connectivity index (χ1n) is 10.5. The zero-order chi connectivity index (χ0) is 22.1. The van der Waals surface area contributed by atoms with E-state index in [-0.39, 0.29) is 24.0 Å².